The third kappa shape index (κ3) is 2.76. The van der Waals surface area contributed by atoms with Gasteiger partial charge in [-0.15, -0.1) is 0 Å². The van der Waals surface area contributed by atoms with Crippen LogP contribution >= 0.6 is 0 Å². The second kappa shape index (κ2) is 3.00. The number of hydrogen-bond acceptors (Lipinski definition) is 2. The highest BCUT2D eigenvalue weighted by Crippen LogP contribution is 2.32. The molecule has 0 aromatic heterocycles. The molecule has 0 unspecified atom stereocenters. The maximum Gasteiger partial charge on any atom is 0.432 e. The molecule has 0 saturated heterocycles. The zero-order valence-electron chi connectivity index (χ0n) is 5.61. The van der Waals surface area contributed by atoms with Gasteiger partial charge in [0.1, 0.15) is 0 Å². The molecule has 0 rings (SSSR count). The Bertz CT molecular complexity index is 294. The summed E-state index contributed by atoms with van der Waals surface area (Å²) in [5, 5.41) is 0. The Balaban J connectivity index is 5.45. The SMILES string of the molecule is CS(=O)(=O)C(=C(F)F)C(F)(F)F. The van der Waals surface area contributed by atoms with Gasteiger partial charge in [-0.25, -0.2) is 8.42 Å². The number of hydrogen-bond donors (Lipinski definition) is 0. The molecule has 0 aliphatic carbocycles. The van der Waals surface area contributed by atoms with Crippen molar-refractivity contribution in [3.8, 4) is 0 Å². The molecule has 8 heteroatoms. The van der Waals surface area contributed by atoms with Crippen LogP contribution in [0.4, 0.5) is 22.0 Å². The first kappa shape index (κ1) is 11.3. The average molecular weight is 210 g/mol. The van der Waals surface area contributed by atoms with E-state index in [0.717, 1.165) is 0 Å². The minimum Gasteiger partial charge on any atom is -0.224 e. The van der Waals surface area contributed by atoms with E-state index in [0.29, 0.717) is 0 Å². The van der Waals surface area contributed by atoms with Gasteiger partial charge >= 0.3 is 6.18 Å². The Morgan fingerprint density at radius 1 is 1.17 bits per heavy atom. The van der Waals surface area contributed by atoms with Crippen LogP contribution in [0.3, 0.4) is 0 Å². The Labute approximate surface area is 64.6 Å². The van der Waals surface area contributed by atoms with Gasteiger partial charge in [-0.2, -0.15) is 22.0 Å². The molecule has 0 aromatic carbocycles. The van der Waals surface area contributed by atoms with Crippen molar-refractivity contribution < 1.29 is 30.4 Å². The summed E-state index contributed by atoms with van der Waals surface area (Å²) < 4.78 is 77.9. The molecule has 0 heterocycles. The van der Waals surface area contributed by atoms with Gasteiger partial charge in [-0.3, -0.25) is 0 Å². The predicted molar refractivity (Wildman–Crippen MR) is 30.1 cm³/mol. The van der Waals surface area contributed by atoms with Gasteiger partial charge in [0.15, 0.2) is 9.84 Å². The van der Waals surface area contributed by atoms with Crippen LogP contribution in [0.2, 0.25) is 0 Å². The summed E-state index contributed by atoms with van der Waals surface area (Å²) in [6.07, 6.45) is -8.72. The lowest BCUT2D eigenvalue weighted by atomic mass is 10.6. The smallest absolute Gasteiger partial charge is 0.224 e. The van der Waals surface area contributed by atoms with Crippen molar-refractivity contribution in [1.82, 2.24) is 0 Å². The van der Waals surface area contributed by atoms with E-state index >= 15 is 0 Å². The monoisotopic (exact) mass is 210 g/mol. The van der Waals surface area contributed by atoms with E-state index in [1.54, 1.807) is 0 Å². The summed E-state index contributed by atoms with van der Waals surface area (Å²) in [7, 11) is -4.92. The van der Waals surface area contributed by atoms with Crippen molar-refractivity contribution in [1.29, 1.82) is 0 Å². The van der Waals surface area contributed by atoms with Crippen molar-refractivity contribution in [2.45, 2.75) is 6.18 Å². The maximum absolute atomic E-state index is 11.5. The van der Waals surface area contributed by atoms with Gasteiger partial charge in [0.2, 0.25) is 4.91 Å². The van der Waals surface area contributed by atoms with Gasteiger partial charge in [0.25, 0.3) is 6.08 Å². The number of sulfone groups is 1. The first-order valence-corrected chi connectivity index (χ1v) is 4.28. The molecule has 0 fully saturated rings. The lowest BCUT2D eigenvalue weighted by molar-refractivity contribution is -0.0874. The molecular weight excluding hydrogens is 207 g/mol. The van der Waals surface area contributed by atoms with Crippen molar-refractivity contribution in [3.63, 3.8) is 0 Å². The molecule has 72 valence electrons. The number of allylic oxidation sites excluding steroid dienone is 1. The van der Waals surface area contributed by atoms with E-state index in [1.807, 2.05) is 0 Å². The van der Waals surface area contributed by atoms with E-state index in [4.69, 9.17) is 0 Å². The lowest BCUT2D eigenvalue weighted by Gasteiger charge is -2.06. The highest BCUT2D eigenvalue weighted by Gasteiger charge is 2.44. The van der Waals surface area contributed by atoms with Crippen LogP contribution in [0.1, 0.15) is 0 Å². The van der Waals surface area contributed by atoms with Crippen LogP contribution in [-0.2, 0) is 9.84 Å². The molecule has 0 spiro atoms. The Morgan fingerprint density at radius 2 is 1.50 bits per heavy atom. The van der Waals surface area contributed by atoms with Gasteiger partial charge < -0.3 is 0 Å². The molecule has 0 aliphatic heterocycles. The van der Waals surface area contributed by atoms with Crippen LogP contribution in [0.25, 0.3) is 0 Å². The molecule has 0 atom stereocenters. The molecule has 12 heavy (non-hydrogen) atoms. The molecule has 0 aromatic rings. The second-order valence-corrected chi connectivity index (χ2v) is 3.81. The maximum atomic E-state index is 11.5. The summed E-state index contributed by atoms with van der Waals surface area (Å²) in [6.45, 7) is 0. The van der Waals surface area contributed by atoms with Crippen LogP contribution in [-0.4, -0.2) is 20.8 Å². The standard InChI is InChI=1S/C4H3F5O2S/c1-12(10,11)2(3(5)6)4(7,8)9/h1H3. The van der Waals surface area contributed by atoms with Gasteiger partial charge in [-0.1, -0.05) is 0 Å². The molecule has 0 radical (unpaired) electrons. The quantitative estimate of drug-likeness (QED) is 0.617. The summed E-state index contributed by atoms with van der Waals surface area (Å²) in [5.74, 6) is 0. The van der Waals surface area contributed by atoms with Gasteiger partial charge in [-0.05, 0) is 0 Å². The van der Waals surface area contributed by atoms with Gasteiger partial charge in [0.05, 0.1) is 0 Å². The lowest BCUT2D eigenvalue weighted by Crippen LogP contribution is -2.20. The molecule has 0 bridgehead atoms. The minimum absolute atomic E-state index is 0.0645. The number of halogens is 5. The Hall–Kier alpha value is -0.660. The normalized spacial score (nSPS) is 12.8. The minimum atomic E-state index is -5.54. The van der Waals surface area contributed by atoms with E-state index in [1.165, 1.54) is 0 Å². The third-order valence-electron chi connectivity index (χ3n) is 0.800. The van der Waals surface area contributed by atoms with Crippen molar-refractivity contribution >= 4 is 9.84 Å². The van der Waals surface area contributed by atoms with Crippen molar-refractivity contribution in [2.24, 2.45) is 0 Å². The third-order valence-corrected chi connectivity index (χ3v) is 1.93. The van der Waals surface area contributed by atoms with Crippen molar-refractivity contribution in [3.05, 3.63) is 11.0 Å². The topological polar surface area (TPSA) is 34.1 Å². The van der Waals surface area contributed by atoms with E-state index < -0.39 is 27.0 Å². The molecule has 0 N–H and O–H groups in total. The highest BCUT2D eigenvalue weighted by molar-refractivity contribution is 7.94. The Morgan fingerprint density at radius 3 is 1.50 bits per heavy atom. The Kier molecular flexibility index (Phi) is 2.83. The average Bonchev–Trinajstić information content (AvgIpc) is 1.49. The van der Waals surface area contributed by atoms with E-state index in [2.05, 4.69) is 0 Å². The fraction of sp³-hybridized carbons (Fsp3) is 0.500. The first-order chi connectivity index (χ1) is 5.07. The van der Waals surface area contributed by atoms with E-state index in [-0.39, 0.29) is 6.26 Å². The zero-order valence-corrected chi connectivity index (χ0v) is 6.43. The van der Waals surface area contributed by atoms with Crippen LogP contribution in [0.5, 0.6) is 0 Å². The van der Waals surface area contributed by atoms with Crippen LogP contribution in [0.15, 0.2) is 11.0 Å². The molecule has 0 amide bonds. The summed E-state index contributed by atoms with van der Waals surface area (Å²) in [4.78, 5) is -2.78. The highest BCUT2D eigenvalue weighted by atomic mass is 32.2. The molecule has 0 aliphatic rings. The zero-order chi connectivity index (χ0) is 10.2. The second-order valence-electron chi connectivity index (χ2n) is 1.86. The number of rotatable bonds is 1. The summed E-state index contributed by atoms with van der Waals surface area (Å²) in [5.41, 5.74) is 0. The number of alkyl halides is 3. The van der Waals surface area contributed by atoms with E-state index in [9.17, 15) is 30.4 Å². The summed E-state index contributed by atoms with van der Waals surface area (Å²) in [6, 6.07) is 0. The largest absolute Gasteiger partial charge is 0.432 e. The van der Waals surface area contributed by atoms with Crippen molar-refractivity contribution in [2.75, 3.05) is 6.26 Å². The fourth-order valence-electron chi connectivity index (χ4n) is 0.458. The first-order valence-electron chi connectivity index (χ1n) is 2.39. The predicted octanol–water partition coefficient (Wildman–Crippen LogP) is 1.70. The van der Waals surface area contributed by atoms with Gasteiger partial charge in [0, 0.05) is 6.26 Å². The molecular formula is C4H3F5O2S. The molecule has 0 saturated carbocycles. The fourth-order valence-corrected chi connectivity index (χ4v) is 1.16. The van der Waals surface area contributed by atoms with Crippen LogP contribution < -0.4 is 0 Å². The summed E-state index contributed by atoms with van der Waals surface area (Å²) >= 11 is 0. The molecule has 2 nitrogen and oxygen atoms in total. The van der Waals surface area contributed by atoms with Crippen LogP contribution in [0, 0.1) is 0 Å².